The van der Waals surface area contributed by atoms with E-state index in [-0.39, 0.29) is 18.6 Å². The minimum Gasteiger partial charge on any atom is -0.394 e. The van der Waals surface area contributed by atoms with Crippen LogP contribution in [0.1, 0.15) is 0 Å². The van der Waals surface area contributed by atoms with Gasteiger partial charge in [-0.2, -0.15) is 36.4 Å². The first kappa shape index (κ1) is 13.0. The van der Waals surface area contributed by atoms with Gasteiger partial charge in [0.2, 0.25) is 0 Å². The molecule has 0 atom stereocenters. The first-order valence-corrected chi connectivity index (χ1v) is 6.31. The Balaban J connectivity index is 0.00000121. The maximum Gasteiger partial charge on any atom is 2.00 e. The summed E-state index contributed by atoms with van der Waals surface area (Å²) in [7, 11) is 0. The average molecular weight is 292 g/mol. The predicted molar refractivity (Wildman–Crippen MR) is 78.9 cm³/mol. The van der Waals surface area contributed by atoms with Crippen LogP contribution in [0.5, 0.6) is 0 Å². The summed E-state index contributed by atoms with van der Waals surface area (Å²) in [5.41, 5.74) is 4.45. The van der Waals surface area contributed by atoms with Gasteiger partial charge in [-0.1, -0.05) is 23.6 Å². The fourth-order valence-electron chi connectivity index (χ4n) is 2.51. The topological polar surface area (TPSA) is 15.8 Å². The molecule has 0 unspecified atom stereocenters. The van der Waals surface area contributed by atoms with E-state index in [9.17, 15) is 0 Å². The maximum absolute atomic E-state index is 3.42. The van der Waals surface area contributed by atoms with E-state index < -0.39 is 0 Å². The van der Waals surface area contributed by atoms with Crippen molar-refractivity contribution in [2.24, 2.45) is 0 Å². The van der Waals surface area contributed by atoms with Gasteiger partial charge in [-0.25, -0.2) is 11.1 Å². The Labute approximate surface area is 129 Å². The molecule has 20 heavy (non-hydrogen) atoms. The van der Waals surface area contributed by atoms with Gasteiger partial charge >= 0.3 is 18.6 Å². The molecule has 1 N–H and O–H groups in total. The third kappa shape index (κ3) is 2.05. The van der Waals surface area contributed by atoms with Crippen molar-refractivity contribution < 1.29 is 18.6 Å². The molecule has 1 aromatic heterocycles. The molecule has 0 aliphatic heterocycles. The maximum atomic E-state index is 3.42. The van der Waals surface area contributed by atoms with Crippen molar-refractivity contribution in [1.29, 1.82) is 0 Å². The minimum atomic E-state index is 0. The molecule has 4 rings (SSSR count). The van der Waals surface area contributed by atoms with Crippen LogP contribution >= 0.6 is 0 Å². The van der Waals surface area contributed by atoms with E-state index in [0.717, 1.165) is 16.6 Å². The van der Waals surface area contributed by atoms with Crippen LogP contribution in [0.2, 0.25) is 0 Å². The molecule has 2 heteroatoms. The Hall–Kier alpha value is -1.96. The molecule has 1 nitrogen and oxygen atoms in total. The summed E-state index contributed by atoms with van der Waals surface area (Å²) in [5, 5.41) is 2.49. The van der Waals surface area contributed by atoms with Gasteiger partial charge in [-0.05, 0) is 17.0 Å². The zero-order valence-electron chi connectivity index (χ0n) is 10.7. The van der Waals surface area contributed by atoms with Crippen LogP contribution < -0.4 is 0 Å². The molecule has 1 radical (unpaired) electrons. The second kappa shape index (κ2) is 5.20. The Bertz CT molecular complexity index is 862. The van der Waals surface area contributed by atoms with E-state index in [0.29, 0.717) is 0 Å². The van der Waals surface area contributed by atoms with Gasteiger partial charge in [0.15, 0.2) is 0 Å². The quantitative estimate of drug-likeness (QED) is 0.494. The Morgan fingerprint density at radius 2 is 1.60 bits per heavy atom. The number of rotatable bonds is 1. The Kier molecular flexibility index (Phi) is 3.39. The van der Waals surface area contributed by atoms with Crippen LogP contribution in [0, 0.1) is 12.1 Å². The number of aromatic nitrogens is 1. The van der Waals surface area contributed by atoms with Crippen LogP contribution in [0.25, 0.3) is 32.9 Å². The zero-order valence-corrected chi connectivity index (χ0v) is 12.1. The summed E-state index contributed by atoms with van der Waals surface area (Å²) in [4.78, 5) is 3.42. The van der Waals surface area contributed by atoms with Gasteiger partial charge in [0, 0.05) is 5.52 Å². The Morgan fingerprint density at radius 3 is 2.45 bits per heavy atom. The largest absolute Gasteiger partial charge is 2.00 e. The number of hydrogen-bond acceptors (Lipinski definition) is 0. The van der Waals surface area contributed by atoms with Crippen molar-refractivity contribution in [3.05, 3.63) is 72.8 Å². The normalized spacial score (nSPS) is 10.6. The molecule has 0 fully saturated rings. The monoisotopic (exact) mass is 292 g/mol. The first-order chi connectivity index (χ1) is 9.42. The third-order valence-corrected chi connectivity index (χ3v) is 3.44. The number of H-pyrrole nitrogens is 1. The van der Waals surface area contributed by atoms with Gasteiger partial charge in [0.1, 0.15) is 0 Å². The molecule has 0 saturated carbocycles. The van der Waals surface area contributed by atoms with Crippen molar-refractivity contribution in [1.82, 2.24) is 4.98 Å². The van der Waals surface area contributed by atoms with Crippen LogP contribution in [0.4, 0.5) is 0 Å². The molecule has 3 aromatic carbocycles. The van der Waals surface area contributed by atoms with E-state index in [1.165, 1.54) is 16.3 Å². The van der Waals surface area contributed by atoms with Crippen LogP contribution in [0.3, 0.4) is 0 Å². The van der Waals surface area contributed by atoms with Gasteiger partial charge in [-0.15, -0.1) is 12.1 Å². The number of nitrogens with one attached hydrogen (secondary N) is 1. The van der Waals surface area contributed by atoms with Crippen molar-refractivity contribution in [2.75, 3.05) is 0 Å². The van der Waals surface area contributed by atoms with Crippen LogP contribution in [0.15, 0.2) is 60.7 Å². The molecular weight excluding hydrogens is 281 g/mol. The smallest absolute Gasteiger partial charge is 0.394 e. The summed E-state index contributed by atoms with van der Waals surface area (Å²) in [6.07, 6.45) is 0. The van der Waals surface area contributed by atoms with Gasteiger partial charge < -0.3 is 4.98 Å². The number of aromatic amines is 1. The van der Waals surface area contributed by atoms with E-state index in [4.69, 9.17) is 0 Å². The molecule has 0 spiro atoms. The van der Waals surface area contributed by atoms with Crippen molar-refractivity contribution >= 4 is 21.8 Å². The number of fused-ring (bicyclic) bond motifs is 3. The summed E-state index contributed by atoms with van der Waals surface area (Å²) in [5.74, 6) is 0. The summed E-state index contributed by atoms with van der Waals surface area (Å²) < 4.78 is 0. The van der Waals surface area contributed by atoms with Crippen molar-refractivity contribution in [2.45, 2.75) is 0 Å². The van der Waals surface area contributed by atoms with Crippen LogP contribution in [-0.4, -0.2) is 4.98 Å². The predicted octanol–water partition coefficient (Wildman–Crippen LogP) is 4.59. The number of hydrogen-bond donors (Lipinski definition) is 1. The summed E-state index contributed by atoms with van der Waals surface area (Å²) >= 11 is 0. The van der Waals surface area contributed by atoms with Crippen molar-refractivity contribution in [3.8, 4) is 11.1 Å². The molecule has 1 heterocycles. The second-order valence-corrected chi connectivity index (χ2v) is 4.62. The van der Waals surface area contributed by atoms with Gasteiger partial charge in [0.05, 0.1) is 0 Å². The van der Waals surface area contributed by atoms with Gasteiger partial charge in [-0.3, -0.25) is 0 Å². The fraction of sp³-hybridized carbons (Fsp3) is 0. The summed E-state index contributed by atoms with van der Waals surface area (Å²) in [6.45, 7) is 0. The van der Waals surface area contributed by atoms with E-state index in [2.05, 4.69) is 47.4 Å². The molecule has 0 aliphatic carbocycles. The van der Waals surface area contributed by atoms with Gasteiger partial charge in [0.25, 0.3) is 0 Å². The van der Waals surface area contributed by atoms with Crippen LogP contribution in [-0.2, 0) is 18.6 Å². The number of para-hydroxylation sites is 1. The summed E-state index contributed by atoms with van der Waals surface area (Å²) in [6, 6.07) is 27.1. The second-order valence-electron chi connectivity index (χ2n) is 4.62. The molecule has 93 valence electrons. The number of benzene rings is 3. The molecule has 0 amide bonds. The molecule has 0 saturated heterocycles. The SMILES string of the molecule is [V+2].[c-]1ccccc1-c1[c-]cc2[nH]c3ccccc3c2c1. The van der Waals surface area contributed by atoms with E-state index in [1.54, 1.807) is 0 Å². The zero-order chi connectivity index (χ0) is 12.7. The fourth-order valence-corrected chi connectivity index (χ4v) is 2.51. The van der Waals surface area contributed by atoms with E-state index >= 15 is 0 Å². The third-order valence-electron chi connectivity index (χ3n) is 3.44. The molecule has 0 aliphatic rings. The standard InChI is InChI=1S/C18H11N.V/c1-2-6-13(7-3-1)14-10-11-18-16(12-14)15-8-4-5-9-17(15)19-18;/h1-6,8-9,11-12,19H;/q-2;+2. The van der Waals surface area contributed by atoms with E-state index in [1.807, 2.05) is 30.3 Å². The minimum absolute atomic E-state index is 0. The molecule has 4 aromatic rings. The van der Waals surface area contributed by atoms with Crippen molar-refractivity contribution in [3.63, 3.8) is 0 Å². The Morgan fingerprint density at radius 1 is 0.750 bits per heavy atom. The first-order valence-electron chi connectivity index (χ1n) is 6.31. The average Bonchev–Trinajstić information content (AvgIpc) is 2.86. The molecular formula is C18H11NV. The molecule has 0 bridgehead atoms.